The largest absolute Gasteiger partial charge is 0.344 e. The Balaban J connectivity index is 1.47. The van der Waals surface area contributed by atoms with Crippen LogP contribution in [0.4, 0.5) is 0 Å². The minimum atomic E-state index is 0.0240. The van der Waals surface area contributed by atoms with Crippen molar-refractivity contribution in [2.75, 3.05) is 6.54 Å². The first-order valence-electron chi connectivity index (χ1n) is 9.21. The second kappa shape index (κ2) is 6.92. The molecule has 1 fully saturated rings. The van der Waals surface area contributed by atoms with Gasteiger partial charge in [-0.05, 0) is 19.3 Å². The number of H-pyrrole nitrogens is 2. The van der Waals surface area contributed by atoms with Crippen LogP contribution in [-0.2, 0) is 25.9 Å². The predicted octanol–water partition coefficient (Wildman–Crippen LogP) is 2.92. The van der Waals surface area contributed by atoms with Crippen molar-refractivity contribution in [3.8, 4) is 0 Å². The molecule has 0 bridgehead atoms. The maximum Gasteiger partial charge on any atom is 0.255 e. The molecule has 1 aliphatic carbocycles. The fraction of sp³-hybridized carbons (Fsp3) is 0.611. The second-order valence-corrected chi connectivity index (χ2v) is 7.53. The lowest BCUT2D eigenvalue weighted by Gasteiger charge is -2.27. The molecular weight excluding hydrogens is 338 g/mol. The Kier molecular flexibility index (Phi) is 4.65. The molecule has 3 heterocycles. The van der Waals surface area contributed by atoms with Crippen molar-refractivity contribution < 1.29 is 0 Å². The van der Waals surface area contributed by atoms with Crippen LogP contribution in [0.1, 0.15) is 67.1 Å². The van der Waals surface area contributed by atoms with E-state index in [9.17, 15) is 4.79 Å². The Labute approximate surface area is 152 Å². The third-order valence-corrected chi connectivity index (χ3v) is 5.37. The fourth-order valence-electron chi connectivity index (χ4n) is 3.42. The molecule has 0 saturated heterocycles. The van der Waals surface area contributed by atoms with Gasteiger partial charge in [0.1, 0.15) is 11.6 Å². The molecule has 4 rings (SSSR count). The van der Waals surface area contributed by atoms with Gasteiger partial charge in [0.15, 0.2) is 5.15 Å². The number of imidazole rings is 1. The number of aromatic nitrogens is 4. The third kappa shape index (κ3) is 3.65. The van der Waals surface area contributed by atoms with E-state index < -0.39 is 0 Å². The summed E-state index contributed by atoms with van der Waals surface area (Å²) in [5, 5.41) is 0.549. The van der Waals surface area contributed by atoms with Crippen molar-refractivity contribution in [1.29, 1.82) is 0 Å². The zero-order valence-electron chi connectivity index (χ0n) is 14.6. The Morgan fingerprint density at radius 1 is 1.28 bits per heavy atom. The Hall–Kier alpha value is -1.66. The first-order chi connectivity index (χ1) is 12.1. The molecule has 2 aromatic heterocycles. The summed E-state index contributed by atoms with van der Waals surface area (Å²) in [6.07, 6.45) is 6.26. The molecule has 2 N–H and O–H groups in total. The van der Waals surface area contributed by atoms with E-state index in [1.54, 1.807) is 0 Å². The Morgan fingerprint density at radius 2 is 2.12 bits per heavy atom. The van der Waals surface area contributed by atoms with Gasteiger partial charge in [-0.15, -0.1) is 0 Å². The zero-order valence-corrected chi connectivity index (χ0v) is 15.3. The molecule has 1 saturated carbocycles. The molecule has 0 amide bonds. The molecule has 0 unspecified atom stereocenters. The summed E-state index contributed by atoms with van der Waals surface area (Å²) in [6.45, 7) is 4.34. The van der Waals surface area contributed by atoms with E-state index in [0.29, 0.717) is 24.2 Å². The standard InChI is InChI=1S/C18H24ClN5O/c1-2-3-4-15-20-14(16(19)22-15)10-24-8-7-13-12(9-24)18(25)23-17(21-13)11-5-6-11/h11H,2-10H2,1H3,(H,20,22)(H,21,23,25). The summed E-state index contributed by atoms with van der Waals surface area (Å²) in [4.78, 5) is 30.1. The monoisotopic (exact) mass is 361 g/mol. The van der Waals surface area contributed by atoms with Crippen LogP contribution in [0, 0.1) is 0 Å². The van der Waals surface area contributed by atoms with Gasteiger partial charge in [-0.2, -0.15) is 0 Å². The van der Waals surface area contributed by atoms with Gasteiger partial charge in [0.05, 0.1) is 17.0 Å². The van der Waals surface area contributed by atoms with Crippen molar-refractivity contribution in [3.05, 3.63) is 44.1 Å². The molecule has 1 aliphatic heterocycles. The molecule has 0 spiro atoms. The van der Waals surface area contributed by atoms with Crippen LogP contribution in [0.15, 0.2) is 4.79 Å². The zero-order chi connectivity index (χ0) is 17.4. The normalized spacial score (nSPS) is 17.7. The van der Waals surface area contributed by atoms with E-state index >= 15 is 0 Å². The summed E-state index contributed by atoms with van der Waals surface area (Å²) in [5.41, 5.74) is 2.74. The van der Waals surface area contributed by atoms with Crippen LogP contribution < -0.4 is 5.56 Å². The van der Waals surface area contributed by atoms with Gasteiger partial charge >= 0.3 is 0 Å². The lowest BCUT2D eigenvalue weighted by Crippen LogP contribution is -2.35. The number of hydrogen-bond donors (Lipinski definition) is 2. The van der Waals surface area contributed by atoms with Crippen molar-refractivity contribution in [1.82, 2.24) is 24.8 Å². The number of aromatic amines is 2. The Morgan fingerprint density at radius 3 is 2.88 bits per heavy atom. The van der Waals surface area contributed by atoms with Crippen LogP contribution in [0.25, 0.3) is 0 Å². The van der Waals surface area contributed by atoms with Crippen molar-refractivity contribution in [2.24, 2.45) is 0 Å². The molecule has 6 nitrogen and oxygen atoms in total. The highest BCUT2D eigenvalue weighted by atomic mass is 35.5. The smallest absolute Gasteiger partial charge is 0.255 e. The molecule has 0 radical (unpaired) electrons. The molecule has 0 atom stereocenters. The number of nitrogens with one attached hydrogen (secondary N) is 2. The van der Waals surface area contributed by atoms with Crippen LogP contribution >= 0.6 is 11.6 Å². The number of unbranched alkanes of at least 4 members (excludes halogenated alkanes) is 1. The topological polar surface area (TPSA) is 77.7 Å². The molecule has 2 aromatic rings. The molecule has 25 heavy (non-hydrogen) atoms. The Bertz CT molecular complexity index is 823. The van der Waals surface area contributed by atoms with Crippen LogP contribution in [-0.4, -0.2) is 31.4 Å². The maximum absolute atomic E-state index is 12.4. The van der Waals surface area contributed by atoms with Crippen molar-refractivity contribution in [3.63, 3.8) is 0 Å². The van der Waals surface area contributed by atoms with Gasteiger partial charge in [-0.25, -0.2) is 9.97 Å². The number of halogens is 1. The van der Waals surface area contributed by atoms with Gasteiger partial charge in [-0.1, -0.05) is 24.9 Å². The van der Waals surface area contributed by atoms with Crippen molar-refractivity contribution >= 4 is 11.6 Å². The maximum atomic E-state index is 12.4. The summed E-state index contributed by atoms with van der Waals surface area (Å²) in [7, 11) is 0. The first kappa shape index (κ1) is 16.8. The predicted molar refractivity (Wildman–Crippen MR) is 96.9 cm³/mol. The van der Waals surface area contributed by atoms with Gasteiger partial charge < -0.3 is 9.97 Å². The van der Waals surface area contributed by atoms with Gasteiger partial charge in [0.2, 0.25) is 0 Å². The van der Waals surface area contributed by atoms with E-state index in [1.165, 1.54) is 0 Å². The highest BCUT2D eigenvalue weighted by Gasteiger charge is 2.29. The second-order valence-electron chi connectivity index (χ2n) is 7.17. The van der Waals surface area contributed by atoms with Crippen LogP contribution in [0.2, 0.25) is 5.15 Å². The number of fused-ring (bicyclic) bond motifs is 1. The number of rotatable bonds is 6. The minimum absolute atomic E-state index is 0.0240. The summed E-state index contributed by atoms with van der Waals surface area (Å²) in [5.74, 6) is 2.31. The van der Waals surface area contributed by atoms with Crippen molar-refractivity contribution in [2.45, 2.75) is 64.5 Å². The molecule has 0 aromatic carbocycles. The molecule has 2 aliphatic rings. The summed E-state index contributed by atoms with van der Waals surface area (Å²) in [6, 6.07) is 0. The van der Waals surface area contributed by atoms with E-state index in [4.69, 9.17) is 16.6 Å². The average Bonchev–Trinajstić information content (AvgIpc) is 3.39. The molecule has 134 valence electrons. The van der Waals surface area contributed by atoms with Gasteiger partial charge in [0, 0.05) is 38.4 Å². The van der Waals surface area contributed by atoms with Gasteiger partial charge in [-0.3, -0.25) is 9.69 Å². The number of hydrogen-bond acceptors (Lipinski definition) is 4. The third-order valence-electron chi connectivity index (χ3n) is 5.06. The fourth-order valence-corrected chi connectivity index (χ4v) is 3.62. The SMILES string of the molecule is CCCCc1nc(Cl)c(CN2CCc3nc(C4CC4)[nH]c(=O)c3C2)[nH]1. The minimum Gasteiger partial charge on any atom is -0.344 e. The van der Waals surface area contributed by atoms with E-state index in [0.717, 1.165) is 73.7 Å². The molecule has 7 heteroatoms. The van der Waals surface area contributed by atoms with Gasteiger partial charge in [0.25, 0.3) is 5.56 Å². The average molecular weight is 362 g/mol. The molecular formula is C18H24ClN5O. The van der Waals surface area contributed by atoms with E-state index in [-0.39, 0.29) is 5.56 Å². The first-order valence-corrected chi connectivity index (χ1v) is 9.59. The van der Waals surface area contributed by atoms with E-state index in [2.05, 4.69) is 26.8 Å². The van der Waals surface area contributed by atoms with Crippen LogP contribution in [0.5, 0.6) is 0 Å². The highest BCUT2D eigenvalue weighted by molar-refractivity contribution is 6.30. The van der Waals surface area contributed by atoms with E-state index in [1.807, 2.05) is 0 Å². The number of aryl methyl sites for hydroxylation is 1. The lowest BCUT2D eigenvalue weighted by atomic mass is 10.1. The lowest BCUT2D eigenvalue weighted by molar-refractivity contribution is 0.239. The quantitative estimate of drug-likeness (QED) is 0.829. The number of nitrogens with zero attached hydrogens (tertiary/aromatic N) is 3. The summed E-state index contributed by atoms with van der Waals surface area (Å²) < 4.78 is 0. The van der Waals surface area contributed by atoms with Crippen LogP contribution in [0.3, 0.4) is 0 Å². The summed E-state index contributed by atoms with van der Waals surface area (Å²) >= 11 is 6.29. The highest BCUT2D eigenvalue weighted by Crippen LogP contribution is 2.37.